The molecule has 6 nitrogen and oxygen atoms in total. The molecule has 1 atom stereocenters. The van der Waals surface area contributed by atoms with Gasteiger partial charge >= 0.3 is 0 Å². The third kappa shape index (κ3) is 6.71. The van der Waals surface area contributed by atoms with E-state index in [1.807, 2.05) is 18.2 Å². The van der Waals surface area contributed by atoms with E-state index in [-0.39, 0.29) is 12.7 Å². The van der Waals surface area contributed by atoms with Gasteiger partial charge in [-0.25, -0.2) is 0 Å². The Bertz CT molecular complexity index is 791. The van der Waals surface area contributed by atoms with Crippen molar-refractivity contribution in [1.29, 1.82) is 0 Å². The first kappa shape index (κ1) is 22.6. The number of nitrogens with zero attached hydrogens (tertiary/aromatic N) is 1. The van der Waals surface area contributed by atoms with Gasteiger partial charge in [0.2, 0.25) is 0 Å². The number of ether oxygens (including phenoxy) is 2. The summed E-state index contributed by atoms with van der Waals surface area (Å²) in [4.78, 5) is 2.17. The summed E-state index contributed by atoms with van der Waals surface area (Å²) in [5.74, 6) is 1.30. The average Bonchev–Trinajstić information content (AvgIpc) is 2.75. The summed E-state index contributed by atoms with van der Waals surface area (Å²) in [6.45, 7) is 6.05. The molecule has 3 N–H and O–H groups in total. The number of nitrogens with one attached hydrogen (secondary N) is 1. The molecule has 164 valence electrons. The van der Waals surface area contributed by atoms with Crippen molar-refractivity contribution < 1.29 is 19.7 Å². The molecule has 3 rings (SSSR count). The maximum atomic E-state index is 10.3. The zero-order valence-corrected chi connectivity index (χ0v) is 18.0. The molecule has 6 heteroatoms. The van der Waals surface area contributed by atoms with Crippen LogP contribution in [-0.2, 0) is 13.1 Å². The first-order valence-electron chi connectivity index (χ1n) is 10.7. The van der Waals surface area contributed by atoms with Crippen molar-refractivity contribution >= 4 is 0 Å². The fraction of sp³-hybridized carbons (Fsp3) is 0.500. The SMILES string of the molecule is COc1cc(CNCc2ccccc2C)ccc1OC[C@@H](O)CN1CCC(O)CC1. The second-order valence-electron chi connectivity index (χ2n) is 8.01. The van der Waals surface area contributed by atoms with Crippen molar-refractivity contribution in [3.63, 3.8) is 0 Å². The lowest BCUT2D eigenvalue weighted by Gasteiger charge is -2.30. The van der Waals surface area contributed by atoms with Gasteiger partial charge in [-0.15, -0.1) is 0 Å². The van der Waals surface area contributed by atoms with Crippen LogP contribution in [0.5, 0.6) is 11.5 Å². The van der Waals surface area contributed by atoms with Crippen molar-refractivity contribution in [2.45, 2.75) is 45.1 Å². The van der Waals surface area contributed by atoms with Crippen LogP contribution in [0.3, 0.4) is 0 Å². The molecule has 2 aromatic rings. The zero-order chi connectivity index (χ0) is 21.3. The highest BCUT2D eigenvalue weighted by molar-refractivity contribution is 5.43. The quantitative estimate of drug-likeness (QED) is 0.555. The van der Waals surface area contributed by atoms with Crippen LogP contribution in [0.2, 0.25) is 0 Å². The second-order valence-corrected chi connectivity index (χ2v) is 8.01. The Morgan fingerprint density at radius 1 is 1.10 bits per heavy atom. The van der Waals surface area contributed by atoms with Crippen molar-refractivity contribution in [2.24, 2.45) is 0 Å². The predicted molar refractivity (Wildman–Crippen MR) is 118 cm³/mol. The van der Waals surface area contributed by atoms with Gasteiger partial charge in [0.15, 0.2) is 11.5 Å². The molecule has 30 heavy (non-hydrogen) atoms. The Kier molecular flexibility index (Phi) is 8.51. The summed E-state index contributed by atoms with van der Waals surface area (Å²) < 4.78 is 11.3. The molecule has 0 aromatic heterocycles. The third-order valence-corrected chi connectivity index (χ3v) is 5.59. The van der Waals surface area contributed by atoms with Crippen LogP contribution >= 0.6 is 0 Å². The number of aryl methyl sites for hydroxylation is 1. The van der Waals surface area contributed by atoms with Crippen LogP contribution in [0.1, 0.15) is 29.5 Å². The van der Waals surface area contributed by atoms with Gasteiger partial charge in [-0.2, -0.15) is 0 Å². The number of benzene rings is 2. The number of piperidine rings is 1. The highest BCUT2D eigenvalue weighted by Gasteiger charge is 2.20. The molecule has 0 amide bonds. The Morgan fingerprint density at radius 2 is 1.87 bits per heavy atom. The van der Waals surface area contributed by atoms with Gasteiger partial charge in [0.05, 0.1) is 13.2 Å². The molecule has 1 aliphatic heterocycles. The number of methoxy groups -OCH3 is 1. The minimum absolute atomic E-state index is 0.205. The molecule has 0 aliphatic carbocycles. The minimum atomic E-state index is -0.583. The monoisotopic (exact) mass is 414 g/mol. The van der Waals surface area contributed by atoms with Crippen LogP contribution in [0.25, 0.3) is 0 Å². The Balaban J connectivity index is 1.47. The van der Waals surface area contributed by atoms with E-state index in [0.29, 0.717) is 18.0 Å². The summed E-state index contributed by atoms with van der Waals surface area (Å²) in [5, 5.41) is 23.4. The van der Waals surface area contributed by atoms with Crippen LogP contribution < -0.4 is 14.8 Å². The molecular formula is C24H34N2O4. The molecule has 1 fully saturated rings. The lowest BCUT2D eigenvalue weighted by Crippen LogP contribution is -2.41. The molecule has 2 aromatic carbocycles. The summed E-state index contributed by atoms with van der Waals surface area (Å²) in [5.41, 5.74) is 3.69. The number of aliphatic hydroxyl groups is 2. The molecule has 1 saturated heterocycles. The standard InChI is InChI=1S/C24H34N2O4/c1-18-5-3-4-6-20(18)15-25-14-19-7-8-23(24(13-19)29-2)30-17-22(28)16-26-11-9-21(27)10-12-26/h3-8,13,21-22,25,27-28H,9-12,14-17H2,1-2H3/t22-/m0/s1. The fourth-order valence-corrected chi connectivity index (χ4v) is 3.73. The molecule has 0 unspecified atom stereocenters. The van der Waals surface area contributed by atoms with E-state index in [1.165, 1.54) is 11.1 Å². The lowest BCUT2D eigenvalue weighted by atomic mass is 10.1. The van der Waals surface area contributed by atoms with Crippen LogP contribution in [0.4, 0.5) is 0 Å². The largest absolute Gasteiger partial charge is 0.493 e. The zero-order valence-electron chi connectivity index (χ0n) is 18.0. The van der Waals surface area contributed by atoms with E-state index in [2.05, 4.69) is 41.4 Å². The lowest BCUT2D eigenvalue weighted by molar-refractivity contribution is 0.0333. The van der Waals surface area contributed by atoms with Crippen LogP contribution in [0.15, 0.2) is 42.5 Å². The number of rotatable bonds is 10. The molecular weight excluding hydrogens is 380 g/mol. The molecule has 1 heterocycles. The van der Waals surface area contributed by atoms with Crippen molar-refractivity contribution in [3.8, 4) is 11.5 Å². The van der Waals surface area contributed by atoms with Crippen LogP contribution in [0, 0.1) is 6.92 Å². The molecule has 0 radical (unpaired) electrons. The van der Waals surface area contributed by atoms with E-state index in [9.17, 15) is 10.2 Å². The number of hydrogen-bond donors (Lipinski definition) is 3. The Morgan fingerprint density at radius 3 is 2.60 bits per heavy atom. The number of likely N-dealkylation sites (tertiary alicyclic amines) is 1. The van der Waals surface area contributed by atoms with Crippen molar-refractivity contribution in [1.82, 2.24) is 10.2 Å². The van der Waals surface area contributed by atoms with E-state index in [1.54, 1.807) is 7.11 Å². The first-order valence-corrected chi connectivity index (χ1v) is 10.7. The minimum Gasteiger partial charge on any atom is -0.493 e. The average molecular weight is 415 g/mol. The first-order chi connectivity index (χ1) is 14.5. The summed E-state index contributed by atoms with van der Waals surface area (Å²) in [6, 6.07) is 14.2. The van der Waals surface area contributed by atoms with Crippen molar-refractivity contribution in [2.75, 3.05) is 33.4 Å². The van der Waals surface area contributed by atoms with Gasteiger partial charge in [-0.05, 0) is 48.6 Å². The number of hydrogen-bond acceptors (Lipinski definition) is 6. The highest BCUT2D eigenvalue weighted by Crippen LogP contribution is 2.28. The van der Waals surface area contributed by atoms with Crippen molar-refractivity contribution in [3.05, 3.63) is 59.2 Å². The van der Waals surface area contributed by atoms with Gasteiger partial charge in [-0.3, -0.25) is 0 Å². The van der Waals surface area contributed by atoms with E-state index < -0.39 is 6.10 Å². The maximum absolute atomic E-state index is 10.3. The predicted octanol–water partition coefficient (Wildman–Crippen LogP) is 2.49. The van der Waals surface area contributed by atoms with Gasteiger partial charge in [0, 0.05) is 32.7 Å². The fourth-order valence-electron chi connectivity index (χ4n) is 3.73. The summed E-state index contributed by atoms with van der Waals surface area (Å²) in [7, 11) is 1.63. The topological polar surface area (TPSA) is 74.2 Å². The van der Waals surface area contributed by atoms with E-state index in [4.69, 9.17) is 9.47 Å². The molecule has 0 saturated carbocycles. The maximum Gasteiger partial charge on any atom is 0.161 e. The normalized spacial score (nSPS) is 16.4. The summed E-state index contributed by atoms with van der Waals surface area (Å²) >= 11 is 0. The van der Waals surface area contributed by atoms with Gasteiger partial charge in [-0.1, -0.05) is 30.3 Å². The van der Waals surface area contributed by atoms with E-state index in [0.717, 1.165) is 44.6 Å². The van der Waals surface area contributed by atoms with Gasteiger partial charge in [0.25, 0.3) is 0 Å². The van der Waals surface area contributed by atoms with Gasteiger partial charge in [0.1, 0.15) is 12.7 Å². The third-order valence-electron chi connectivity index (χ3n) is 5.59. The summed E-state index contributed by atoms with van der Waals surface area (Å²) in [6.07, 6.45) is 0.741. The highest BCUT2D eigenvalue weighted by atomic mass is 16.5. The van der Waals surface area contributed by atoms with Gasteiger partial charge < -0.3 is 29.9 Å². The number of β-amino-alcohol motifs (C(OH)–C–C–N with tert-alkyl or cyclic N) is 1. The van der Waals surface area contributed by atoms with Crippen LogP contribution in [-0.4, -0.2) is 60.7 Å². The second kappa shape index (κ2) is 11.3. The molecule has 0 bridgehead atoms. The molecule has 0 spiro atoms. The Hall–Kier alpha value is -2.12. The van der Waals surface area contributed by atoms with E-state index >= 15 is 0 Å². The Labute approximate surface area is 179 Å². The number of aliphatic hydroxyl groups excluding tert-OH is 2. The molecule has 1 aliphatic rings. The smallest absolute Gasteiger partial charge is 0.161 e.